The van der Waals surface area contributed by atoms with Crippen LogP contribution in [0.15, 0.2) is 23.1 Å². The molecule has 2 atom stereocenters. The minimum Gasteiger partial charge on any atom is -0.334 e. The van der Waals surface area contributed by atoms with E-state index in [1.54, 1.807) is 17.0 Å². The number of aromatic nitrogens is 1. The van der Waals surface area contributed by atoms with Crippen LogP contribution < -0.4 is 11.3 Å². The average Bonchev–Trinajstić information content (AvgIpc) is 2.38. The number of H-pyrrole nitrogens is 1. The molecule has 98 valence electrons. The Morgan fingerprint density at radius 3 is 3.06 bits per heavy atom. The molecule has 5 nitrogen and oxygen atoms in total. The van der Waals surface area contributed by atoms with Gasteiger partial charge in [0.05, 0.1) is 0 Å². The fourth-order valence-corrected chi connectivity index (χ4v) is 2.49. The number of rotatable bonds is 2. The van der Waals surface area contributed by atoms with Crippen LogP contribution in [0.4, 0.5) is 0 Å². The molecule has 3 N–H and O–H groups in total. The number of pyridine rings is 1. The van der Waals surface area contributed by atoms with Crippen LogP contribution in [0.5, 0.6) is 0 Å². The van der Waals surface area contributed by atoms with Crippen LogP contribution in [0.25, 0.3) is 0 Å². The second-order valence-electron chi connectivity index (χ2n) is 4.93. The summed E-state index contributed by atoms with van der Waals surface area (Å²) in [6.45, 7) is 3.29. The number of carbonyl (C=O) groups is 1. The molecule has 18 heavy (non-hydrogen) atoms. The molecule has 2 rings (SSSR count). The van der Waals surface area contributed by atoms with Crippen LogP contribution in [0.1, 0.15) is 30.1 Å². The van der Waals surface area contributed by atoms with Gasteiger partial charge in [0.2, 0.25) is 0 Å². The first-order chi connectivity index (χ1) is 8.63. The van der Waals surface area contributed by atoms with E-state index in [2.05, 4.69) is 11.9 Å². The van der Waals surface area contributed by atoms with E-state index in [4.69, 9.17) is 5.73 Å². The Hall–Kier alpha value is -1.62. The predicted molar refractivity (Wildman–Crippen MR) is 69.3 cm³/mol. The number of nitrogens with zero attached hydrogens (tertiary/aromatic N) is 1. The predicted octanol–water partition coefficient (Wildman–Crippen LogP) is 0.574. The number of hydrogen-bond donors (Lipinski definition) is 2. The first-order valence-electron chi connectivity index (χ1n) is 6.32. The quantitative estimate of drug-likeness (QED) is 0.804. The summed E-state index contributed by atoms with van der Waals surface area (Å²) in [5.74, 6) is 0.371. The molecule has 5 heteroatoms. The lowest BCUT2D eigenvalue weighted by Crippen LogP contribution is -2.50. The molecule has 0 bridgehead atoms. The van der Waals surface area contributed by atoms with E-state index in [9.17, 15) is 9.59 Å². The van der Waals surface area contributed by atoms with Crippen molar-refractivity contribution >= 4 is 5.91 Å². The van der Waals surface area contributed by atoms with Crippen LogP contribution >= 0.6 is 0 Å². The van der Waals surface area contributed by atoms with E-state index in [-0.39, 0.29) is 23.1 Å². The topological polar surface area (TPSA) is 79.2 Å². The number of amides is 1. The Kier molecular flexibility index (Phi) is 3.81. The Morgan fingerprint density at radius 2 is 2.39 bits per heavy atom. The number of aromatic amines is 1. The number of piperidine rings is 1. The van der Waals surface area contributed by atoms with Crippen LogP contribution in [0.2, 0.25) is 0 Å². The molecule has 2 heterocycles. The van der Waals surface area contributed by atoms with Gasteiger partial charge in [-0.3, -0.25) is 9.59 Å². The molecule has 1 saturated heterocycles. The van der Waals surface area contributed by atoms with Gasteiger partial charge in [0.25, 0.3) is 11.5 Å². The second-order valence-corrected chi connectivity index (χ2v) is 4.93. The lowest BCUT2D eigenvalue weighted by Gasteiger charge is -2.37. The van der Waals surface area contributed by atoms with Gasteiger partial charge in [-0.05, 0) is 30.9 Å². The van der Waals surface area contributed by atoms with Crippen molar-refractivity contribution in [2.24, 2.45) is 11.7 Å². The number of carbonyl (C=O) groups excluding carboxylic acids is 1. The van der Waals surface area contributed by atoms with E-state index in [0.29, 0.717) is 19.0 Å². The summed E-state index contributed by atoms with van der Waals surface area (Å²) in [6.07, 6.45) is 3.40. The van der Waals surface area contributed by atoms with Crippen molar-refractivity contribution in [3.05, 3.63) is 34.2 Å². The fourth-order valence-electron chi connectivity index (χ4n) is 2.49. The van der Waals surface area contributed by atoms with Gasteiger partial charge < -0.3 is 15.6 Å². The Bertz CT molecular complexity index is 483. The molecule has 0 spiro atoms. The van der Waals surface area contributed by atoms with E-state index in [0.717, 1.165) is 12.8 Å². The molecular formula is C13H19N3O2. The molecule has 1 aromatic rings. The zero-order valence-corrected chi connectivity index (χ0v) is 10.6. The SMILES string of the molecule is CC1CCN(C(=O)c2ccc[nH]c2=O)C(CN)C1. The Morgan fingerprint density at radius 1 is 1.61 bits per heavy atom. The average molecular weight is 249 g/mol. The smallest absolute Gasteiger partial charge is 0.260 e. The number of nitrogens with two attached hydrogens (primary N) is 1. The van der Waals surface area contributed by atoms with Gasteiger partial charge in [0.15, 0.2) is 0 Å². The minimum atomic E-state index is -0.336. The van der Waals surface area contributed by atoms with Crippen molar-refractivity contribution in [2.45, 2.75) is 25.8 Å². The highest BCUT2D eigenvalue weighted by Crippen LogP contribution is 2.22. The highest BCUT2D eigenvalue weighted by atomic mass is 16.2. The lowest BCUT2D eigenvalue weighted by atomic mass is 9.92. The second kappa shape index (κ2) is 5.35. The third-order valence-electron chi connectivity index (χ3n) is 3.56. The number of likely N-dealkylation sites (tertiary alicyclic amines) is 1. The zero-order chi connectivity index (χ0) is 13.1. The van der Waals surface area contributed by atoms with Gasteiger partial charge >= 0.3 is 0 Å². The summed E-state index contributed by atoms with van der Waals surface area (Å²) in [4.78, 5) is 28.2. The number of hydrogen-bond acceptors (Lipinski definition) is 3. The monoisotopic (exact) mass is 249 g/mol. The van der Waals surface area contributed by atoms with Gasteiger partial charge in [-0.15, -0.1) is 0 Å². The largest absolute Gasteiger partial charge is 0.334 e. The molecule has 2 unspecified atom stereocenters. The van der Waals surface area contributed by atoms with E-state index in [1.165, 1.54) is 6.20 Å². The Balaban J connectivity index is 2.23. The summed E-state index contributed by atoms with van der Waals surface area (Å²) in [5, 5.41) is 0. The molecule has 0 aliphatic carbocycles. The maximum Gasteiger partial charge on any atom is 0.260 e. The molecule has 0 saturated carbocycles. The molecule has 1 amide bonds. The van der Waals surface area contributed by atoms with Gasteiger partial charge in [0.1, 0.15) is 5.56 Å². The van der Waals surface area contributed by atoms with Crippen molar-refractivity contribution < 1.29 is 4.79 Å². The van der Waals surface area contributed by atoms with Crippen molar-refractivity contribution in [1.29, 1.82) is 0 Å². The Labute approximate surface area is 106 Å². The summed E-state index contributed by atoms with van der Waals surface area (Å²) < 4.78 is 0. The normalized spacial score (nSPS) is 24.0. The van der Waals surface area contributed by atoms with Crippen LogP contribution in [0.3, 0.4) is 0 Å². The highest BCUT2D eigenvalue weighted by Gasteiger charge is 2.30. The lowest BCUT2D eigenvalue weighted by molar-refractivity contribution is 0.0572. The number of nitrogens with one attached hydrogen (secondary N) is 1. The molecule has 0 radical (unpaired) electrons. The van der Waals surface area contributed by atoms with E-state index >= 15 is 0 Å². The van der Waals surface area contributed by atoms with Gasteiger partial charge in [-0.25, -0.2) is 0 Å². The van der Waals surface area contributed by atoms with Gasteiger partial charge in [0, 0.05) is 25.3 Å². The summed E-state index contributed by atoms with van der Waals surface area (Å²) >= 11 is 0. The zero-order valence-electron chi connectivity index (χ0n) is 10.6. The molecule has 0 aromatic carbocycles. The molecular weight excluding hydrogens is 230 g/mol. The summed E-state index contributed by atoms with van der Waals surface area (Å²) in [5.41, 5.74) is 5.59. The van der Waals surface area contributed by atoms with Crippen LogP contribution in [-0.4, -0.2) is 34.9 Å². The van der Waals surface area contributed by atoms with Gasteiger partial charge in [-0.1, -0.05) is 6.92 Å². The third-order valence-corrected chi connectivity index (χ3v) is 3.56. The first kappa shape index (κ1) is 12.8. The molecule has 1 fully saturated rings. The molecule has 1 aliphatic heterocycles. The summed E-state index contributed by atoms with van der Waals surface area (Å²) in [7, 11) is 0. The van der Waals surface area contributed by atoms with Crippen molar-refractivity contribution in [1.82, 2.24) is 9.88 Å². The van der Waals surface area contributed by atoms with Crippen LogP contribution in [-0.2, 0) is 0 Å². The van der Waals surface area contributed by atoms with E-state index in [1.807, 2.05) is 0 Å². The van der Waals surface area contributed by atoms with Crippen molar-refractivity contribution in [2.75, 3.05) is 13.1 Å². The van der Waals surface area contributed by atoms with Crippen LogP contribution in [0, 0.1) is 5.92 Å². The minimum absolute atomic E-state index is 0.0425. The maximum absolute atomic E-state index is 12.3. The molecule has 1 aromatic heterocycles. The first-order valence-corrected chi connectivity index (χ1v) is 6.32. The van der Waals surface area contributed by atoms with Crippen molar-refractivity contribution in [3.8, 4) is 0 Å². The van der Waals surface area contributed by atoms with Gasteiger partial charge in [-0.2, -0.15) is 0 Å². The third kappa shape index (κ3) is 2.46. The summed E-state index contributed by atoms with van der Waals surface area (Å²) in [6, 6.07) is 3.27. The molecule has 1 aliphatic rings. The highest BCUT2D eigenvalue weighted by molar-refractivity contribution is 5.94. The maximum atomic E-state index is 12.3. The fraction of sp³-hybridized carbons (Fsp3) is 0.538. The van der Waals surface area contributed by atoms with Crippen molar-refractivity contribution in [3.63, 3.8) is 0 Å². The van der Waals surface area contributed by atoms with E-state index < -0.39 is 0 Å². The standard InChI is InChI=1S/C13H19N3O2/c1-9-4-6-16(10(7-9)8-14)13(18)11-3-2-5-15-12(11)17/h2-3,5,9-10H,4,6-8,14H2,1H3,(H,15,17).